The molecule has 0 spiro atoms. The normalized spacial score (nSPS) is 19.1. The zero-order valence-corrected chi connectivity index (χ0v) is 15.1. The van der Waals surface area contributed by atoms with E-state index in [1.54, 1.807) is 6.07 Å². The van der Waals surface area contributed by atoms with Crippen molar-refractivity contribution >= 4 is 5.97 Å². The summed E-state index contributed by atoms with van der Waals surface area (Å²) in [4.78, 5) is 13.6. The van der Waals surface area contributed by atoms with Crippen molar-refractivity contribution in [2.24, 2.45) is 5.92 Å². The predicted molar refractivity (Wildman–Crippen MR) is 97.9 cm³/mol. The molecule has 1 aliphatic heterocycles. The lowest BCUT2D eigenvalue weighted by Gasteiger charge is -2.37. The van der Waals surface area contributed by atoms with E-state index in [1.165, 1.54) is 13.2 Å². The minimum atomic E-state index is -0.765. The fourth-order valence-corrected chi connectivity index (χ4v) is 3.66. The first-order chi connectivity index (χ1) is 12.5. The van der Waals surface area contributed by atoms with E-state index < -0.39 is 11.8 Å². The van der Waals surface area contributed by atoms with Crippen LogP contribution in [0.25, 0.3) is 0 Å². The molecule has 1 fully saturated rings. The van der Waals surface area contributed by atoms with E-state index in [-0.39, 0.29) is 17.7 Å². The van der Waals surface area contributed by atoms with Crippen LogP contribution in [0, 0.1) is 18.7 Å². The molecule has 2 aromatic carbocycles. The van der Waals surface area contributed by atoms with E-state index in [0.717, 1.165) is 29.7 Å². The Morgan fingerprint density at radius 3 is 2.54 bits per heavy atom. The van der Waals surface area contributed by atoms with Crippen LogP contribution in [0.5, 0.6) is 5.75 Å². The average molecular weight is 357 g/mol. The molecule has 138 valence electrons. The van der Waals surface area contributed by atoms with Crippen LogP contribution in [0.15, 0.2) is 42.5 Å². The topological polar surface area (TPSA) is 49.8 Å². The van der Waals surface area contributed by atoms with Crippen LogP contribution in [-0.2, 0) is 4.79 Å². The number of aryl methyl sites for hydroxylation is 1. The predicted octanol–water partition coefficient (Wildman–Crippen LogP) is 4.03. The number of carboxylic acid groups (broad SMARTS) is 1. The molecule has 1 aliphatic rings. The van der Waals surface area contributed by atoms with Crippen molar-refractivity contribution in [2.45, 2.75) is 25.8 Å². The largest absolute Gasteiger partial charge is 0.494 e. The first kappa shape index (κ1) is 18.4. The minimum absolute atomic E-state index is 0.182. The van der Waals surface area contributed by atoms with Crippen LogP contribution in [0.3, 0.4) is 0 Å². The molecule has 1 N–H and O–H groups in total. The third-order valence-electron chi connectivity index (χ3n) is 5.05. The van der Waals surface area contributed by atoms with Crippen molar-refractivity contribution in [3.63, 3.8) is 0 Å². The number of rotatable bonds is 5. The number of hydrogen-bond acceptors (Lipinski definition) is 3. The van der Waals surface area contributed by atoms with Crippen LogP contribution in [0.2, 0.25) is 0 Å². The van der Waals surface area contributed by atoms with Crippen molar-refractivity contribution < 1.29 is 19.0 Å². The van der Waals surface area contributed by atoms with E-state index >= 15 is 0 Å². The number of hydrogen-bond donors (Lipinski definition) is 1. The maximum atomic E-state index is 14.3. The van der Waals surface area contributed by atoms with Crippen molar-refractivity contribution in [1.29, 1.82) is 0 Å². The number of carbonyl (C=O) groups is 1. The Hall–Kier alpha value is -2.40. The van der Waals surface area contributed by atoms with Crippen molar-refractivity contribution in [2.75, 3.05) is 20.2 Å². The fourth-order valence-electron chi connectivity index (χ4n) is 3.66. The molecule has 2 aromatic rings. The lowest BCUT2D eigenvalue weighted by atomic mass is 9.91. The van der Waals surface area contributed by atoms with Gasteiger partial charge in [0.1, 0.15) is 0 Å². The Kier molecular flexibility index (Phi) is 5.57. The summed E-state index contributed by atoms with van der Waals surface area (Å²) in [7, 11) is 1.44. The summed E-state index contributed by atoms with van der Waals surface area (Å²) in [5, 5.41) is 9.42. The van der Waals surface area contributed by atoms with E-state index in [9.17, 15) is 14.3 Å². The second-order valence-electron chi connectivity index (χ2n) is 6.88. The van der Waals surface area contributed by atoms with Gasteiger partial charge in [-0.25, -0.2) is 4.39 Å². The fraction of sp³-hybridized carbons (Fsp3) is 0.381. The van der Waals surface area contributed by atoms with Gasteiger partial charge in [0.25, 0.3) is 0 Å². The van der Waals surface area contributed by atoms with Gasteiger partial charge in [-0.3, -0.25) is 9.69 Å². The minimum Gasteiger partial charge on any atom is -0.494 e. The monoisotopic (exact) mass is 357 g/mol. The maximum Gasteiger partial charge on any atom is 0.307 e. The summed E-state index contributed by atoms with van der Waals surface area (Å²) < 4.78 is 19.4. The smallest absolute Gasteiger partial charge is 0.307 e. The number of likely N-dealkylation sites (tertiary alicyclic amines) is 1. The number of aliphatic carboxylic acids is 1. The number of ether oxygens (including phenoxy) is 1. The van der Waals surface area contributed by atoms with E-state index in [4.69, 9.17) is 4.74 Å². The third kappa shape index (κ3) is 3.88. The molecule has 0 aliphatic carbocycles. The van der Waals surface area contributed by atoms with Gasteiger partial charge in [0.05, 0.1) is 19.1 Å². The molecule has 2 atom stereocenters. The van der Waals surface area contributed by atoms with Gasteiger partial charge in [0.2, 0.25) is 0 Å². The molecular formula is C21H24FNO3. The van der Waals surface area contributed by atoms with E-state index in [0.29, 0.717) is 13.0 Å². The average Bonchev–Trinajstić information content (AvgIpc) is 2.64. The number of piperidine rings is 1. The second kappa shape index (κ2) is 7.87. The summed E-state index contributed by atoms with van der Waals surface area (Å²) in [6.45, 7) is 3.27. The van der Waals surface area contributed by atoms with Gasteiger partial charge in [-0.1, -0.05) is 35.9 Å². The number of benzene rings is 2. The Morgan fingerprint density at radius 1 is 1.23 bits per heavy atom. The summed E-state index contributed by atoms with van der Waals surface area (Å²) in [5.41, 5.74) is 2.99. The van der Waals surface area contributed by atoms with E-state index in [2.05, 4.69) is 4.90 Å². The first-order valence-electron chi connectivity index (χ1n) is 8.86. The molecule has 26 heavy (non-hydrogen) atoms. The molecule has 3 rings (SSSR count). The SMILES string of the molecule is COc1ccc(C(c2ccc(C)cc2)N2CCCC(C(=O)O)C2)cc1F. The highest BCUT2D eigenvalue weighted by Gasteiger charge is 2.31. The van der Waals surface area contributed by atoms with Crippen molar-refractivity contribution in [3.8, 4) is 5.75 Å². The molecular weight excluding hydrogens is 333 g/mol. The molecule has 2 unspecified atom stereocenters. The lowest BCUT2D eigenvalue weighted by molar-refractivity contribution is -0.143. The highest BCUT2D eigenvalue weighted by Crippen LogP contribution is 2.34. The lowest BCUT2D eigenvalue weighted by Crippen LogP contribution is -2.41. The zero-order chi connectivity index (χ0) is 18.7. The van der Waals surface area contributed by atoms with Crippen LogP contribution >= 0.6 is 0 Å². The number of carboxylic acids is 1. The van der Waals surface area contributed by atoms with E-state index in [1.807, 2.05) is 37.3 Å². The van der Waals surface area contributed by atoms with Gasteiger partial charge < -0.3 is 9.84 Å². The van der Waals surface area contributed by atoms with Crippen molar-refractivity contribution in [1.82, 2.24) is 4.90 Å². The molecule has 0 radical (unpaired) electrons. The van der Waals surface area contributed by atoms with Crippen LogP contribution in [0.4, 0.5) is 4.39 Å². The van der Waals surface area contributed by atoms with Gasteiger partial charge in [-0.2, -0.15) is 0 Å². The quantitative estimate of drug-likeness (QED) is 0.878. The third-order valence-corrected chi connectivity index (χ3v) is 5.05. The van der Waals surface area contributed by atoms with Gasteiger partial charge in [-0.15, -0.1) is 0 Å². The number of halogens is 1. The molecule has 0 bridgehead atoms. The van der Waals surface area contributed by atoms with Gasteiger partial charge >= 0.3 is 5.97 Å². The van der Waals surface area contributed by atoms with Gasteiger partial charge in [0.15, 0.2) is 11.6 Å². The molecule has 1 heterocycles. The summed E-state index contributed by atoms with van der Waals surface area (Å²) in [6.07, 6.45) is 1.50. The summed E-state index contributed by atoms with van der Waals surface area (Å²) >= 11 is 0. The highest BCUT2D eigenvalue weighted by molar-refractivity contribution is 5.70. The Morgan fingerprint density at radius 2 is 1.92 bits per heavy atom. The Labute approximate surface area is 153 Å². The molecule has 4 nitrogen and oxygen atoms in total. The van der Waals surface area contributed by atoms with Gasteiger partial charge in [-0.05, 0) is 49.6 Å². The zero-order valence-electron chi connectivity index (χ0n) is 15.1. The number of nitrogens with zero attached hydrogens (tertiary/aromatic N) is 1. The molecule has 0 saturated carbocycles. The van der Waals surface area contributed by atoms with Gasteiger partial charge in [0, 0.05) is 6.54 Å². The standard InChI is InChI=1S/C21H24FNO3/c1-14-5-7-15(8-6-14)20(16-9-10-19(26-2)18(22)12-16)23-11-3-4-17(13-23)21(24)25/h5-10,12,17,20H,3-4,11,13H2,1-2H3,(H,24,25). The first-order valence-corrected chi connectivity index (χ1v) is 8.86. The molecule has 0 aromatic heterocycles. The Bertz CT molecular complexity index is 775. The molecule has 5 heteroatoms. The number of methoxy groups -OCH3 is 1. The van der Waals surface area contributed by atoms with Crippen molar-refractivity contribution in [3.05, 3.63) is 65.0 Å². The van der Waals surface area contributed by atoms with Crippen LogP contribution in [-0.4, -0.2) is 36.2 Å². The van der Waals surface area contributed by atoms with Crippen LogP contribution < -0.4 is 4.74 Å². The second-order valence-corrected chi connectivity index (χ2v) is 6.88. The Balaban J connectivity index is 2.00. The summed E-state index contributed by atoms with van der Waals surface area (Å²) in [6, 6.07) is 12.9. The van der Waals surface area contributed by atoms with Crippen LogP contribution in [0.1, 0.15) is 35.6 Å². The highest BCUT2D eigenvalue weighted by atomic mass is 19.1. The molecule has 1 saturated heterocycles. The maximum absolute atomic E-state index is 14.3. The molecule has 0 amide bonds. The summed E-state index contributed by atoms with van der Waals surface area (Å²) in [5.74, 6) is -1.36.